The van der Waals surface area contributed by atoms with Crippen LogP contribution in [0.4, 0.5) is 5.69 Å². The van der Waals surface area contributed by atoms with Gasteiger partial charge in [0.2, 0.25) is 21.8 Å². The maximum absolute atomic E-state index is 13.6. The van der Waals surface area contributed by atoms with E-state index in [9.17, 15) is 18.0 Å². The van der Waals surface area contributed by atoms with Crippen LogP contribution in [0, 0.1) is 12.8 Å². The van der Waals surface area contributed by atoms with Gasteiger partial charge in [-0.3, -0.25) is 13.9 Å². The molecule has 35 heavy (non-hydrogen) atoms. The lowest BCUT2D eigenvalue weighted by molar-refractivity contribution is -0.139. The van der Waals surface area contributed by atoms with E-state index in [0.717, 1.165) is 16.1 Å². The van der Waals surface area contributed by atoms with Crippen LogP contribution >= 0.6 is 34.8 Å². The first-order valence-corrected chi connectivity index (χ1v) is 13.9. The van der Waals surface area contributed by atoms with E-state index < -0.39 is 28.5 Å². The summed E-state index contributed by atoms with van der Waals surface area (Å²) in [5.41, 5.74) is 1.46. The van der Waals surface area contributed by atoms with Crippen molar-refractivity contribution in [1.82, 2.24) is 10.2 Å². The van der Waals surface area contributed by atoms with Crippen molar-refractivity contribution >= 4 is 62.3 Å². The molecule has 2 rings (SSSR count). The largest absolute Gasteiger partial charge is 0.354 e. The Kier molecular flexibility index (Phi) is 10.3. The summed E-state index contributed by atoms with van der Waals surface area (Å²) in [6.45, 7) is 7.07. The summed E-state index contributed by atoms with van der Waals surface area (Å²) in [4.78, 5) is 27.7. The van der Waals surface area contributed by atoms with Crippen LogP contribution in [-0.4, -0.2) is 50.5 Å². The second kappa shape index (κ2) is 12.3. The van der Waals surface area contributed by atoms with E-state index in [1.807, 2.05) is 13.8 Å². The van der Waals surface area contributed by atoms with Gasteiger partial charge in [0, 0.05) is 33.7 Å². The highest BCUT2D eigenvalue weighted by molar-refractivity contribution is 7.92. The second-order valence-electron chi connectivity index (χ2n) is 8.74. The van der Waals surface area contributed by atoms with Crippen molar-refractivity contribution in [3.05, 3.63) is 62.6 Å². The Morgan fingerprint density at radius 1 is 1.00 bits per heavy atom. The number of nitrogens with one attached hydrogen (secondary N) is 1. The molecule has 2 aromatic carbocycles. The van der Waals surface area contributed by atoms with Crippen molar-refractivity contribution in [3.63, 3.8) is 0 Å². The molecule has 1 unspecified atom stereocenters. The predicted octanol–water partition coefficient (Wildman–Crippen LogP) is 4.91. The predicted molar refractivity (Wildman–Crippen MR) is 143 cm³/mol. The van der Waals surface area contributed by atoms with E-state index in [2.05, 4.69) is 5.32 Å². The molecule has 2 aromatic rings. The molecule has 0 aromatic heterocycles. The van der Waals surface area contributed by atoms with Crippen molar-refractivity contribution < 1.29 is 18.0 Å². The number of hydrogen-bond acceptors (Lipinski definition) is 4. The smallest absolute Gasteiger partial charge is 0.244 e. The second-order valence-corrected chi connectivity index (χ2v) is 11.9. The van der Waals surface area contributed by atoms with Crippen LogP contribution < -0.4 is 9.62 Å². The van der Waals surface area contributed by atoms with Gasteiger partial charge < -0.3 is 10.2 Å². The minimum atomic E-state index is -3.86. The number of halogens is 3. The van der Waals surface area contributed by atoms with E-state index in [-0.39, 0.29) is 24.1 Å². The summed E-state index contributed by atoms with van der Waals surface area (Å²) in [6, 6.07) is 8.74. The monoisotopic (exact) mass is 561 g/mol. The number of hydrogen-bond donors (Lipinski definition) is 1. The SMILES string of the molecule is Cc1ccc(N(CC(=O)N(Cc2c(Cl)cccc2Cl)C(C)C(=O)NCC(C)C)S(C)(=O)=O)cc1Cl. The first-order chi connectivity index (χ1) is 16.2. The topological polar surface area (TPSA) is 86.8 Å². The molecule has 0 aliphatic carbocycles. The van der Waals surface area contributed by atoms with Crippen LogP contribution in [0.3, 0.4) is 0 Å². The first-order valence-electron chi connectivity index (χ1n) is 11.0. The zero-order chi connectivity index (χ0) is 26.5. The van der Waals surface area contributed by atoms with Crippen molar-refractivity contribution in [3.8, 4) is 0 Å². The molecule has 0 radical (unpaired) electrons. The molecule has 0 aliphatic rings. The Labute approximate surface area is 222 Å². The molecule has 0 saturated carbocycles. The number of amides is 2. The molecule has 0 saturated heterocycles. The zero-order valence-electron chi connectivity index (χ0n) is 20.3. The fourth-order valence-electron chi connectivity index (χ4n) is 3.24. The minimum absolute atomic E-state index is 0.0835. The van der Waals surface area contributed by atoms with Crippen molar-refractivity contribution in [2.24, 2.45) is 5.92 Å². The molecule has 7 nitrogen and oxygen atoms in total. The van der Waals surface area contributed by atoms with Gasteiger partial charge in [0.25, 0.3) is 0 Å². The number of carbonyl (C=O) groups excluding carboxylic acids is 2. The number of nitrogens with zero attached hydrogens (tertiary/aromatic N) is 2. The Hall–Kier alpha value is -2.00. The molecule has 0 aliphatic heterocycles. The van der Waals surface area contributed by atoms with Gasteiger partial charge in [-0.1, -0.05) is 60.8 Å². The molecule has 1 N–H and O–H groups in total. The summed E-state index contributed by atoms with van der Waals surface area (Å²) >= 11 is 18.9. The van der Waals surface area contributed by atoms with Crippen LogP contribution in [0.2, 0.25) is 15.1 Å². The maximum atomic E-state index is 13.6. The Bertz CT molecular complexity index is 1170. The Morgan fingerprint density at radius 2 is 1.60 bits per heavy atom. The molecule has 11 heteroatoms. The number of aryl methyl sites for hydroxylation is 1. The number of benzene rings is 2. The van der Waals surface area contributed by atoms with Crippen LogP contribution in [0.25, 0.3) is 0 Å². The van der Waals surface area contributed by atoms with Gasteiger partial charge in [-0.15, -0.1) is 0 Å². The van der Waals surface area contributed by atoms with Crippen LogP contribution in [0.1, 0.15) is 31.9 Å². The normalized spacial score (nSPS) is 12.4. The molecular formula is C24H30Cl3N3O4S. The van der Waals surface area contributed by atoms with Gasteiger partial charge in [0.15, 0.2) is 0 Å². The van der Waals surface area contributed by atoms with E-state index in [1.165, 1.54) is 11.0 Å². The highest BCUT2D eigenvalue weighted by atomic mass is 35.5. The lowest BCUT2D eigenvalue weighted by Gasteiger charge is -2.32. The van der Waals surface area contributed by atoms with Crippen molar-refractivity contribution in [1.29, 1.82) is 0 Å². The average Bonchev–Trinajstić information content (AvgIpc) is 2.76. The summed E-state index contributed by atoms with van der Waals surface area (Å²) in [6.07, 6.45) is 1.00. The van der Waals surface area contributed by atoms with Gasteiger partial charge in [-0.25, -0.2) is 8.42 Å². The first kappa shape index (κ1) is 29.2. The summed E-state index contributed by atoms with van der Waals surface area (Å²) < 4.78 is 26.2. The van der Waals surface area contributed by atoms with Gasteiger partial charge in [0.1, 0.15) is 12.6 Å². The van der Waals surface area contributed by atoms with Crippen LogP contribution in [-0.2, 0) is 26.2 Å². The summed E-state index contributed by atoms with van der Waals surface area (Å²) in [5, 5.41) is 3.84. The fourth-order valence-corrected chi connectivity index (χ4v) is 4.77. The molecular weight excluding hydrogens is 533 g/mol. The maximum Gasteiger partial charge on any atom is 0.244 e. The third-order valence-electron chi connectivity index (χ3n) is 5.36. The number of rotatable bonds is 10. The van der Waals surface area contributed by atoms with Gasteiger partial charge in [0.05, 0.1) is 11.9 Å². The third kappa shape index (κ3) is 8.00. The Morgan fingerprint density at radius 3 is 2.11 bits per heavy atom. The van der Waals surface area contributed by atoms with E-state index in [0.29, 0.717) is 27.2 Å². The van der Waals surface area contributed by atoms with E-state index >= 15 is 0 Å². The highest BCUT2D eigenvalue weighted by Crippen LogP contribution is 2.28. The van der Waals surface area contributed by atoms with Gasteiger partial charge >= 0.3 is 0 Å². The van der Waals surface area contributed by atoms with Crippen molar-refractivity contribution in [2.75, 3.05) is 23.7 Å². The summed E-state index contributed by atoms with van der Waals surface area (Å²) in [7, 11) is -3.86. The van der Waals surface area contributed by atoms with Crippen LogP contribution in [0.5, 0.6) is 0 Å². The minimum Gasteiger partial charge on any atom is -0.354 e. The lowest BCUT2D eigenvalue weighted by Crippen LogP contribution is -2.51. The molecule has 2 amide bonds. The number of sulfonamides is 1. The highest BCUT2D eigenvalue weighted by Gasteiger charge is 2.31. The van der Waals surface area contributed by atoms with Gasteiger partial charge in [-0.2, -0.15) is 0 Å². The lowest BCUT2D eigenvalue weighted by atomic mass is 10.1. The number of anilines is 1. The Balaban J connectivity index is 2.45. The molecule has 0 bridgehead atoms. The molecule has 0 heterocycles. The van der Waals surface area contributed by atoms with E-state index in [4.69, 9.17) is 34.8 Å². The molecule has 1 atom stereocenters. The van der Waals surface area contributed by atoms with Crippen LogP contribution in [0.15, 0.2) is 36.4 Å². The molecule has 192 valence electrons. The zero-order valence-corrected chi connectivity index (χ0v) is 23.4. The van der Waals surface area contributed by atoms with Crippen molar-refractivity contribution in [2.45, 2.75) is 40.3 Å². The standard InChI is InChI=1S/C24H30Cl3N3O4S/c1-15(2)12-28-24(32)17(4)29(13-19-20(25)7-6-8-21(19)26)23(31)14-30(35(5,33)34)18-10-9-16(3)22(27)11-18/h6-11,15,17H,12-14H2,1-5H3,(H,28,32). The third-order valence-corrected chi connectivity index (χ3v) is 7.62. The number of carbonyl (C=O) groups is 2. The van der Waals surface area contributed by atoms with Gasteiger partial charge in [-0.05, 0) is 49.6 Å². The quantitative estimate of drug-likeness (QED) is 0.446. The molecule has 0 fully saturated rings. The fraction of sp³-hybridized carbons (Fsp3) is 0.417. The summed E-state index contributed by atoms with van der Waals surface area (Å²) in [5.74, 6) is -0.768. The molecule has 0 spiro atoms. The van der Waals surface area contributed by atoms with E-state index in [1.54, 1.807) is 44.2 Å². The average molecular weight is 563 g/mol.